The molecule has 2 heterocycles. The fourth-order valence-corrected chi connectivity index (χ4v) is 5.15. The fourth-order valence-electron chi connectivity index (χ4n) is 5.15. The number of benzene rings is 2. The molecule has 2 aliphatic rings. The minimum Gasteiger partial charge on any atom is -0.445 e. The Morgan fingerprint density at radius 2 is 1.86 bits per heavy atom. The normalized spacial score (nSPS) is 16.7. The lowest BCUT2D eigenvalue weighted by molar-refractivity contribution is 0.0942. The molecule has 0 unspecified atom stereocenters. The van der Waals surface area contributed by atoms with Crippen molar-refractivity contribution in [3.63, 3.8) is 0 Å². The minimum atomic E-state index is -0.234. The largest absolute Gasteiger partial charge is 0.445 e. The van der Waals surface area contributed by atoms with Crippen LogP contribution in [0.4, 0.5) is 10.5 Å². The molecule has 186 valence electrons. The Morgan fingerprint density at radius 3 is 2.54 bits per heavy atom. The topological polar surface area (TPSA) is 53.8 Å². The average molecular weight is 476 g/mol. The number of piperazine rings is 1. The minimum absolute atomic E-state index is 0.234. The number of carbonyl (C=O) groups excluding carboxylic acids is 1. The molecule has 1 aliphatic heterocycles. The molecule has 0 spiro atoms. The van der Waals surface area contributed by atoms with E-state index in [0.29, 0.717) is 19.7 Å². The Balaban J connectivity index is 1.19. The van der Waals surface area contributed by atoms with Crippen molar-refractivity contribution in [3.8, 4) is 0 Å². The molecule has 0 N–H and O–H groups in total. The molecule has 1 saturated carbocycles. The number of likely N-dealkylation sites (N-methyl/N-ethyl adjacent to an activating group) is 1. The third kappa shape index (κ3) is 5.30. The van der Waals surface area contributed by atoms with Crippen LogP contribution in [-0.2, 0) is 24.3 Å². The van der Waals surface area contributed by atoms with Crippen molar-refractivity contribution < 1.29 is 9.53 Å². The van der Waals surface area contributed by atoms with Crippen molar-refractivity contribution in [3.05, 3.63) is 59.9 Å². The Bertz CT molecular complexity index is 1130. The zero-order valence-electron chi connectivity index (χ0n) is 21.0. The fraction of sp³-hybridized carbons (Fsp3) is 0.500. The molecule has 2 aromatic carbocycles. The maximum atomic E-state index is 12.5. The van der Waals surface area contributed by atoms with Gasteiger partial charge in [-0.1, -0.05) is 36.8 Å². The molecule has 1 aliphatic carbocycles. The molecule has 1 amide bonds. The number of imidazole rings is 1. The first-order valence-corrected chi connectivity index (χ1v) is 13.0. The Morgan fingerprint density at radius 1 is 1.09 bits per heavy atom. The first kappa shape index (κ1) is 23.7. The van der Waals surface area contributed by atoms with Gasteiger partial charge in [-0.25, -0.2) is 9.78 Å². The van der Waals surface area contributed by atoms with Gasteiger partial charge in [-0.15, -0.1) is 0 Å². The van der Waals surface area contributed by atoms with Crippen molar-refractivity contribution in [2.45, 2.75) is 51.8 Å². The summed E-state index contributed by atoms with van der Waals surface area (Å²) < 4.78 is 7.87. The van der Waals surface area contributed by atoms with Gasteiger partial charge in [0.15, 0.2) is 0 Å². The van der Waals surface area contributed by atoms with Gasteiger partial charge in [0.05, 0.1) is 11.0 Å². The zero-order valence-corrected chi connectivity index (χ0v) is 21.0. The number of rotatable bonds is 8. The van der Waals surface area contributed by atoms with Gasteiger partial charge in [-0.3, -0.25) is 0 Å². The lowest BCUT2D eigenvalue weighted by Crippen LogP contribution is -2.48. The number of hydrogen-bond acceptors (Lipinski definition) is 5. The number of ether oxygens (including phenoxy) is 1. The average Bonchev–Trinajstić information content (AvgIpc) is 3.22. The highest BCUT2D eigenvalue weighted by molar-refractivity contribution is 5.80. The predicted molar refractivity (Wildman–Crippen MR) is 140 cm³/mol. The lowest BCUT2D eigenvalue weighted by atomic mass is 9.92. The molecular weight excluding hydrogens is 438 g/mol. The number of amides is 1. The van der Waals surface area contributed by atoms with E-state index in [1.807, 2.05) is 30.3 Å². The molecule has 5 rings (SSSR count). The van der Waals surface area contributed by atoms with E-state index in [9.17, 15) is 4.79 Å². The third-order valence-electron chi connectivity index (χ3n) is 7.62. The molecular formula is C28H37N5O2. The monoisotopic (exact) mass is 475 g/mol. The van der Waals surface area contributed by atoms with Gasteiger partial charge in [-0.2, -0.15) is 0 Å². The van der Waals surface area contributed by atoms with E-state index in [4.69, 9.17) is 9.72 Å². The van der Waals surface area contributed by atoms with Gasteiger partial charge in [0.2, 0.25) is 0 Å². The molecule has 1 aromatic heterocycles. The predicted octanol–water partition coefficient (Wildman–Crippen LogP) is 4.54. The Kier molecular flexibility index (Phi) is 7.23. The number of carbonyl (C=O) groups is 1. The van der Waals surface area contributed by atoms with Gasteiger partial charge < -0.3 is 24.0 Å². The number of fused-ring (bicyclic) bond motifs is 1. The molecule has 0 atom stereocenters. The Hall–Kier alpha value is -3.06. The number of aryl methyl sites for hydroxylation is 1. The van der Waals surface area contributed by atoms with Crippen LogP contribution in [0.25, 0.3) is 11.0 Å². The van der Waals surface area contributed by atoms with Gasteiger partial charge in [0.1, 0.15) is 12.4 Å². The third-order valence-corrected chi connectivity index (χ3v) is 7.62. The summed E-state index contributed by atoms with van der Waals surface area (Å²) in [5, 5.41) is 0. The van der Waals surface area contributed by atoms with E-state index in [-0.39, 0.29) is 6.09 Å². The highest BCUT2D eigenvalue weighted by Crippen LogP contribution is 2.26. The van der Waals surface area contributed by atoms with Crippen molar-refractivity contribution in [2.75, 3.05) is 44.7 Å². The maximum absolute atomic E-state index is 12.5. The first-order valence-electron chi connectivity index (χ1n) is 13.0. The second-order valence-electron chi connectivity index (χ2n) is 9.77. The van der Waals surface area contributed by atoms with E-state index in [2.05, 4.69) is 46.5 Å². The molecule has 0 radical (unpaired) electrons. The van der Waals surface area contributed by atoms with Crippen molar-refractivity contribution >= 4 is 22.8 Å². The molecule has 35 heavy (non-hydrogen) atoms. The van der Waals surface area contributed by atoms with Crippen LogP contribution in [0.15, 0.2) is 48.5 Å². The number of anilines is 1. The summed E-state index contributed by atoms with van der Waals surface area (Å²) in [5.41, 5.74) is 4.46. The summed E-state index contributed by atoms with van der Waals surface area (Å²) in [4.78, 5) is 24.2. The van der Waals surface area contributed by atoms with E-state index in [0.717, 1.165) is 49.7 Å². The smallest absolute Gasteiger partial charge is 0.410 e. The second-order valence-corrected chi connectivity index (χ2v) is 9.77. The van der Waals surface area contributed by atoms with Gasteiger partial charge in [0, 0.05) is 57.4 Å². The van der Waals surface area contributed by atoms with E-state index < -0.39 is 0 Å². The van der Waals surface area contributed by atoms with Crippen molar-refractivity contribution in [2.24, 2.45) is 0 Å². The number of aromatic nitrogens is 2. The van der Waals surface area contributed by atoms with Crippen LogP contribution in [0, 0.1) is 0 Å². The van der Waals surface area contributed by atoms with Crippen LogP contribution in [0.3, 0.4) is 0 Å². The van der Waals surface area contributed by atoms with Gasteiger partial charge in [0.25, 0.3) is 0 Å². The van der Waals surface area contributed by atoms with Crippen molar-refractivity contribution in [1.82, 2.24) is 19.4 Å². The zero-order chi connectivity index (χ0) is 24.2. The molecule has 0 bridgehead atoms. The van der Waals surface area contributed by atoms with Gasteiger partial charge in [-0.05, 0) is 50.6 Å². The van der Waals surface area contributed by atoms with E-state index >= 15 is 0 Å². The molecule has 7 heteroatoms. The van der Waals surface area contributed by atoms with Crippen LogP contribution in [0.5, 0.6) is 0 Å². The summed E-state index contributed by atoms with van der Waals surface area (Å²) in [6, 6.07) is 17.2. The first-order chi connectivity index (χ1) is 17.1. The van der Waals surface area contributed by atoms with Crippen LogP contribution in [0.2, 0.25) is 0 Å². The quantitative estimate of drug-likeness (QED) is 0.479. The molecule has 1 saturated heterocycles. The van der Waals surface area contributed by atoms with Gasteiger partial charge >= 0.3 is 6.09 Å². The standard InChI is InChI=1S/C28H37N5O2/c1-3-33-26-13-12-24(20-25(26)29-27(33)14-15-30(2)23-10-7-11-23)31-16-18-32(19-17-31)28(34)35-21-22-8-5-4-6-9-22/h4-6,8-9,12-13,20,23H,3,7,10-11,14-19,21H2,1-2H3. The van der Waals surface area contributed by atoms with E-state index in [1.54, 1.807) is 4.90 Å². The molecule has 3 aromatic rings. The summed E-state index contributed by atoms with van der Waals surface area (Å²) in [5.74, 6) is 1.18. The second kappa shape index (κ2) is 10.7. The van der Waals surface area contributed by atoms with Crippen LogP contribution < -0.4 is 4.90 Å². The van der Waals surface area contributed by atoms with E-state index in [1.165, 1.54) is 36.3 Å². The maximum Gasteiger partial charge on any atom is 0.410 e. The highest BCUT2D eigenvalue weighted by Gasteiger charge is 2.24. The van der Waals surface area contributed by atoms with Crippen LogP contribution in [0.1, 0.15) is 37.6 Å². The Labute approximate surface area is 208 Å². The molecule has 7 nitrogen and oxygen atoms in total. The number of hydrogen-bond donors (Lipinski definition) is 0. The molecule has 2 fully saturated rings. The summed E-state index contributed by atoms with van der Waals surface area (Å²) >= 11 is 0. The lowest BCUT2D eigenvalue weighted by Gasteiger charge is -2.35. The van der Waals surface area contributed by atoms with Crippen LogP contribution in [-0.4, -0.2) is 71.3 Å². The number of nitrogens with zero attached hydrogens (tertiary/aromatic N) is 5. The summed E-state index contributed by atoms with van der Waals surface area (Å²) in [7, 11) is 2.25. The van der Waals surface area contributed by atoms with Crippen LogP contribution >= 0.6 is 0 Å². The SMILES string of the molecule is CCn1c(CCN(C)C2CCC2)nc2cc(N3CCN(C(=O)OCc4ccccc4)CC3)ccc21. The highest BCUT2D eigenvalue weighted by atomic mass is 16.6. The summed E-state index contributed by atoms with van der Waals surface area (Å²) in [6.07, 6.45) is 4.79. The summed E-state index contributed by atoms with van der Waals surface area (Å²) in [6.45, 7) is 7.41. The van der Waals surface area contributed by atoms with Crippen molar-refractivity contribution in [1.29, 1.82) is 0 Å².